The first-order valence-electron chi connectivity index (χ1n) is 6.73. The number of aliphatic hydroxyl groups excluding tert-OH is 1. The predicted octanol–water partition coefficient (Wildman–Crippen LogP) is 1.50. The van der Waals surface area contributed by atoms with E-state index in [-0.39, 0.29) is 17.5 Å². The summed E-state index contributed by atoms with van der Waals surface area (Å²) >= 11 is 0. The summed E-state index contributed by atoms with van der Waals surface area (Å²) in [5, 5.41) is 8.67. The Labute approximate surface area is 120 Å². The largest absolute Gasteiger partial charge is 0.395 e. The molecule has 0 atom stereocenters. The second-order valence-corrected chi connectivity index (χ2v) is 6.91. The Morgan fingerprint density at radius 3 is 2.80 bits per heavy atom. The average molecular weight is 293 g/mol. The van der Waals surface area contributed by atoms with Crippen LogP contribution < -0.4 is 4.72 Å². The first-order valence-corrected chi connectivity index (χ1v) is 8.21. The van der Waals surface area contributed by atoms with E-state index in [1.165, 1.54) is 0 Å². The average Bonchev–Trinajstić information content (AvgIpc) is 2.37. The van der Waals surface area contributed by atoms with E-state index in [0.29, 0.717) is 17.9 Å². The Bertz CT molecular complexity index is 622. The van der Waals surface area contributed by atoms with Gasteiger partial charge in [0, 0.05) is 18.0 Å². The summed E-state index contributed by atoms with van der Waals surface area (Å²) < 4.78 is 27.2. The van der Waals surface area contributed by atoms with Crippen molar-refractivity contribution >= 4 is 10.0 Å². The summed E-state index contributed by atoms with van der Waals surface area (Å²) in [6.45, 7) is 2.12. The lowest BCUT2D eigenvalue weighted by Gasteiger charge is -2.32. The third kappa shape index (κ3) is 3.83. The van der Waals surface area contributed by atoms with Gasteiger partial charge in [0.2, 0.25) is 10.0 Å². The molecule has 0 heterocycles. The van der Waals surface area contributed by atoms with E-state index >= 15 is 0 Å². The van der Waals surface area contributed by atoms with Crippen molar-refractivity contribution in [3.63, 3.8) is 0 Å². The minimum atomic E-state index is -3.46. The monoisotopic (exact) mass is 293 g/mol. The fourth-order valence-corrected chi connectivity index (χ4v) is 3.55. The first kappa shape index (κ1) is 15.0. The van der Waals surface area contributed by atoms with Gasteiger partial charge in [0.1, 0.15) is 0 Å². The zero-order valence-electron chi connectivity index (χ0n) is 11.5. The fourth-order valence-electron chi connectivity index (χ4n) is 2.25. The molecule has 0 unspecified atom stereocenters. The topological polar surface area (TPSA) is 66.4 Å². The summed E-state index contributed by atoms with van der Waals surface area (Å²) in [4.78, 5) is 0.243. The molecule has 0 radical (unpaired) electrons. The molecule has 0 spiro atoms. The van der Waals surface area contributed by atoms with E-state index < -0.39 is 10.0 Å². The lowest BCUT2D eigenvalue weighted by atomic mass is 9.83. The van der Waals surface area contributed by atoms with Crippen molar-refractivity contribution in [3.05, 3.63) is 29.8 Å². The van der Waals surface area contributed by atoms with Crippen LogP contribution in [0.3, 0.4) is 0 Å². The molecule has 1 aromatic rings. The molecule has 1 fully saturated rings. The Hall–Kier alpha value is -1.35. The number of rotatable bonds is 4. The molecule has 0 bridgehead atoms. The molecule has 2 N–H and O–H groups in total. The molecule has 1 aliphatic rings. The van der Waals surface area contributed by atoms with Crippen molar-refractivity contribution in [2.75, 3.05) is 6.61 Å². The van der Waals surface area contributed by atoms with Crippen LogP contribution in [-0.4, -0.2) is 26.2 Å². The minimum absolute atomic E-state index is 0.00636. The van der Waals surface area contributed by atoms with Crippen molar-refractivity contribution in [2.45, 2.75) is 37.1 Å². The number of nitrogens with one attached hydrogen (secondary N) is 1. The van der Waals surface area contributed by atoms with Gasteiger partial charge in [-0.15, -0.1) is 0 Å². The normalized spacial score (nSPS) is 21.7. The number of aliphatic hydroxyl groups is 1. The standard InChI is InChI=1S/C15H19NO3S/c1-12-9-14(10-12)16-20(18,19)15-7-4-6-13(11-15)5-2-3-8-17/h4,6-7,11-12,14,16-17H,3,8-10H2,1H3. The minimum Gasteiger partial charge on any atom is -0.395 e. The highest BCUT2D eigenvalue weighted by Gasteiger charge is 2.29. The molecule has 5 heteroatoms. The van der Waals surface area contributed by atoms with E-state index in [1.54, 1.807) is 24.3 Å². The molecular formula is C15H19NO3S. The van der Waals surface area contributed by atoms with Crippen LogP contribution in [0.25, 0.3) is 0 Å². The molecule has 0 aliphatic heterocycles. The van der Waals surface area contributed by atoms with Gasteiger partial charge in [-0.3, -0.25) is 0 Å². The molecule has 1 saturated carbocycles. The van der Waals surface area contributed by atoms with E-state index in [0.717, 1.165) is 12.8 Å². The SMILES string of the molecule is CC1CC(NS(=O)(=O)c2cccc(C#CCCO)c2)C1. The zero-order valence-corrected chi connectivity index (χ0v) is 12.3. The number of hydrogen-bond acceptors (Lipinski definition) is 3. The molecule has 0 amide bonds. The van der Waals surface area contributed by atoms with Crippen LogP contribution in [0.5, 0.6) is 0 Å². The molecule has 1 aromatic carbocycles. The summed E-state index contributed by atoms with van der Waals surface area (Å²) in [7, 11) is -3.46. The Morgan fingerprint density at radius 1 is 1.40 bits per heavy atom. The summed E-state index contributed by atoms with van der Waals surface area (Å²) in [6, 6.07) is 6.63. The second-order valence-electron chi connectivity index (χ2n) is 5.20. The third-order valence-corrected chi connectivity index (χ3v) is 4.83. The van der Waals surface area contributed by atoms with Crippen LogP contribution in [0.4, 0.5) is 0 Å². The Morgan fingerprint density at radius 2 is 2.15 bits per heavy atom. The third-order valence-electron chi connectivity index (χ3n) is 3.31. The van der Waals surface area contributed by atoms with Crippen molar-refractivity contribution in [1.82, 2.24) is 4.72 Å². The van der Waals surface area contributed by atoms with Gasteiger partial charge in [-0.05, 0) is 37.0 Å². The smallest absolute Gasteiger partial charge is 0.240 e. The highest BCUT2D eigenvalue weighted by molar-refractivity contribution is 7.89. The highest BCUT2D eigenvalue weighted by Crippen LogP contribution is 2.27. The van der Waals surface area contributed by atoms with Crippen molar-refractivity contribution < 1.29 is 13.5 Å². The van der Waals surface area contributed by atoms with Crippen molar-refractivity contribution in [1.29, 1.82) is 0 Å². The predicted molar refractivity (Wildman–Crippen MR) is 77.5 cm³/mol. The van der Waals surface area contributed by atoms with Gasteiger partial charge < -0.3 is 5.11 Å². The van der Waals surface area contributed by atoms with Crippen LogP contribution in [-0.2, 0) is 10.0 Å². The molecule has 108 valence electrons. The van der Waals surface area contributed by atoms with Gasteiger partial charge in [-0.25, -0.2) is 13.1 Å². The van der Waals surface area contributed by atoms with Gasteiger partial charge in [0.05, 0.1) is 11.5 Å². The quantitative estimate of drug-likeness (QED) is 0.827. The maximum Gasteiger partial charge on any atom is 0.240 e. The number of benzene rings is 1. The highest BCUT2D eigenvalue weighted by atomic mass is 32.2. The maximum atomic E-state index is 12.2. The van der Waals surface area contributed by atoms with Gasteiger partial charge in [-0.1, -0.05) is 24.8 Å². The van der Waals surface area contributed by atoms with Crippen LogP contribution >= 0.6 is 0 Å². The molecule has 2 rings (SSSR count). The number of sulfonamides is 1. The molecule has 0 saturated heterocycles. The first-order chi connectivity index (χ1) is 9.51. The molecule has 0 aromatic heterocycles. The van der Waals surface area contributed by atoms with E-state index in [9.17, 15) is 8.42 Å². The molecule has 4 nitrogen and oxygen atoms in total. The lowest BCUT2D eigenvalue weighted by Crippen LogP contribution is -2.43. The summed E-state index contributed by atoms with van der Waals surface area (Å²) in [6.07, 6.45) is 2.18. The zero-order chi connectivity index (χ0) is 14.6. The van der Waals surface area contributed by atoms with Gasteiger partial charge in [-0.2, -0.15) is 0 Å². The number of hydrogen-bond donors (Lipinski definition) is 2. The van der Waals surface area contributed by atoms with E-state index in [1.807, 2.05) is 0 Å². The van der Waals surface area contributed by atoms with Crippen LogP contribution in [0, 0.1) is 17.8 Å². The Kier molecular flexibility index (Phi) is 4.81. The molecular weight excluding hydrogens is 274 g/mol. The van der Waals surface area contributed by atoms with Gasteiger partial charge >= 0.3 is 0 Å². The Balaban J connectivity index is 2.11. The summed E-state index contributed by atoms with van der Waals surface area (Å²) in [5.74, 6) is 6.22. The van der Waals surface area contributed by atoms with Crippen LogP contribution in [0.2, 0.25) is 0 Å². The van der Waals surface area contributed by atoms with Crippen LogP contribution in [0.15, 0.2) is 29.2 Å². The second kappa shape index (κ2) is 6.40. The van der Waals surface area contributed by atoms with E-state index in [2.05, 4.69) is 23.5 Å². The van der Waals surface area contributed by atoms with Crippen molar-refractivity contribution in [2.24, 2.45) is 5.92 Å². The van der Waals surface area contributed by atoms with Gasteiger partial charge in [0.25, 0.3) is 0 Å². The molecule has 1 aliphatic carbocycles. The van der Waals surface area contributed by atoms with Gasteiger partial charge in [0.15, 0.2) is 0 Å². The summed E-state index contributed by atoms with van der Waals surface area (Å²) in [5.41, 5.74) is 0.642. The van der Waals surface area contributed by atoms with Crippen LogP contribution in [0.1, 0.15) is 31.7 Å². The van der Waals surface area contributed by atoms with Crippen molar-refractivity contribution in [3.8, 4) is 11.8 Å². The lowest BCUT2D eigenvalue weighted by molar-refractivity contribution is 0.270. The van der Waals surface area contributed by atoms with E-state index in [4.69, 9.17) is 5.11 Å². The maximum absolute atomic E-state index is 12.2. The molecule has 20 heavy (non-hydrogen) atoms. The fraction of sp³-hybridized carbons (Fsp3) is 0.467.